The SMILES string of the molecule is CCCN(CC(C)(C)C)/C(=C/C=N)CNC. The molecule has 0 bridgehead atoms. The molecular formula is C13H27N3. The molecule has 94 valence electrons. The quantitative estimate of drug-likeness (QED) is 0.653. The Morgan fingerprint density at radius 2 is 2.00 bits per heavy atom. The Kier molecular flexibility index (Phi) is 7.06. The van der Waals surface area contributed by atoms with Crippen LogP contribution in [0, 0.1) is 10.8 Å². The van der Waals surface area contributed by atoms with E-state index in [1.165, 1.54) is 11.9 Å². The smallest absolute Gasteiger partial charge is 0.0354 e. The first-order chi connectivity index (χ1) is 7.44. The predicted molar refractivity (Wildman–Crippen MR) is 72.1 cm³/mol. The molecule has 16 heavy (non-hydrogen) atoms. The van der Waals surface area contributed by atoms with Crippen LogP contribution in [-0.4, -0.2) is 37.8 Å². The minimum absolute atomic E-state index is 0.282. The fourth-order valence-corrected chi connectivity index (χ4v) is 1.72. The molecule has 0 saturated carbocycles. The lowest BCUT2D eigenvalue weighted by Gasteiger charge is -2.33. The van der Waals surface area contributed by atoms with Gasteiger partial charge < -0.3 is 15.6 Å². The molecule has 0 aliphatic rings. The van der Waals surface area contributed by atoms with Crippen molar-refractivity contribution in [3.8, 4) is 0 Å². The van der Waals surface area contributed by atoms with Crippen molar-refractivity contribution < 1.29 is 0 Å². The second-order valence-corrected chi connectivity index (χ2v) is 5.34. The van der Waals surface area contributed by atoms with Gasteiger partial charge in [0.05, 0.1) is 0 Å². The number of likely N-dealkylation sites (N-methyl/N-ethyl adjacent to an activating group) is 1. The average Bonchev–Trinajstić information content (AvgIpc) is 2.15. The maximum absolute atomic E-state index is 7.21. The molecule has 0 aromatic carbocycles. The van der Waals surface area contributed by atoms with Gasteiger partial charge in [0.25, 0.3) is 0 Å². The molecule has 3 nitrogen and oxygen atoms in total. The van der Waals surface area contributed by atoms with Crippen molar-refractivity contribution in [2.24, 2.45) is 5.41 Å². The van der Waals surface area contributed by atoms with Crippen molar-refractivity contribution in [1.82, 2.24) is 10.2 Å². The molecule has 0 aliphatic heterocycles. The van der Waals surface area contributed by atoms with Gasteiger partial charge in [-0.25, -0.2) is 0 Å². The van der Waals surface area contributed by atoms with Crippen LogP contribution in [0.1, 0.15) is 34.1 Å². The van der Waals surface area contributed by atoms with Gasteiger partial charge in [0.2, 0.25) is 0 Å². The summed E-state index contributed by atoms with van der Waals surface area (Å²) in [7, 11) is 1.94. The zero-order valence-corrected chi connectivity index (χ0v) is 11.4. The fraction of sp³-hybridized carbons (Fsp3) is 0.769. The second kappa shape index (κ2) is 7.44. The highest BCUT2D eigenvalue weighted by Gasteiger charge is 2.17. The van der Waals surface area contributed by atoms with Crippen LogP contribution >= 0.6 is 0 Å². The third-order valence-corrected chi connectivity index (χ3v) is 2.20. The highest BCUT2D eigenvalue weighted by Crippen LogP contribution is 2.18. The molecule has 0 aromatic heterocycles. The van der Waals surface area contributed by atoms with Crippen LogP contribution in [0.3, 0.4) is 0 Å². The van der Waals surface area contributed by atoms with Crippen molar-refractivity contribution >= 4 is 6.21 Å². The number of hydrogen-bond donors (Lipinski definition) is 2. The van der Waals surface area contributed by atoms with Gasteiger partial charge in [0.15, 0.2) is 0 Å². The topological polar surface area (TPSA) is 39.1 Å². The summed E-state index contributed by atoms with van der Waals surface area (Å²) in [5.74, 6) is 0. The van der Waals surface area contributed by atoms with Crippen LogP contribution in [0.4, 0.5) is 0 Å². The lowest BCUT2D eigenvalue weighted by Crippen LogP contribution is -2.36. The van der Waals surface area contributed by atoms with E-state index in [0.717, 1.165) is 26.1 Å². The number of rotatable bonds is 7. The molecule has 0 heterocycles. The van der Waals surface area contributed by atoms with Gasteiger partial charge in [-0.15, -0.1) is 0 Å². The number of hydrogen-bond acceptors (Lipinski definition) is 3. The molecule has 0 spiro atoms. The monoisotopic (exact) mass is 225 g/mol. The fourth-order valence-electron chi connectivity index (χ4n) is 1.72. The minimum atomic E-state index is 0.282. The Balaban J connectivity index is 4.70. The van der Waals surface area contributed by atoms with Gasteiger partial charge in [-0.1, -0.05) is 27.7 Å². The van der Waals surface area contributed by atoms with E-state index in [0.29, 0.717) is 0 Å². The zero-order valence-electron chi connectivity index (χ0n) is 11.4. The van der Waals surface area contributed by atoms with E-state index >= 15 is 0 Å². The molecule has 0 aliphatic carbocycles. The summed E-state index contributed by atoms with van der Waals surface area (Å²) in [4.78, 5) is 2.38. The molecule has 0 fully saturated rings. The van der Waals surface area contributed by atoms with Crippen molar-refractivity contribution in [3.05, 3.63) is 11.8 Å². The summed E-state index contributed by atoms with van der Waals surface area (Å²) in [5, 5.41) is 10.4. The molecule has 2 N–H and O–H groups in total. The van der Waals surface area contributed by atoms with Crippen LogP contribution in [0.2, 0.25) is 0 Å². The van der Waals surface area contributed by atoms with Crippen molar-refractivity contribution in [3.63, 3.8) is 0 Å². The summed E-state index contributed by atoms with van der Waals surface area (Å²) in [6, 6.07) is 0. The number of nitrogens with one attached hydrogen (secondary N) is 2. The zero-order chi connectivity index (χ0) is 12.6. The molecule has 0 radical (unpaired) electrons. The molecule has 0 amide bonds. The van der Waals surface area contributed by atoms with E-state index in [2.05, 4.69) is 37.9 Å². The highest BCUT2D eigenvalue weighted by atomic mass is 15.2. The van der Waals surface area contributed by atoms with E-state index in [1.807, 2.05) is 13.1 Å². The first-order valence-electron chi connectivity index (χ1n) is 6.03. The third-order valence-electron chi connectivity index (χ3n) is 2.20. The van der Waals surface area contributed by atoms with Crippen LogP contribution in [0.5, 0.6) is 0 Å². The summed E-state index contributed by atoms with van der Waals surface area (Å²) < 4.78 is 0. The second-order valence-electron chi connectivity index (χ2n) is 5.34. The maximum Gasteiger partial charge on any atom is 0.0354 e. The molecule has 0 saturated heterocycles. The van der Waals surface area contributed by atoms with Crippen LogP contribution in [0.15, 0.2) is 11.8 Å². The number of allylic oxidation sites excluding steroid dienone is 1. The molecule has 0 aromatic rings. The largest absolute Gasteiger partial charge is 0.373 e. The average molecular weight is 225 g/mol. The van der Waals surface area contributed by atoms with Gasteiger partial charge >= 0.3 is 0 Å². The Bertz CT molecular complexity index is 226. The summed E-state index contributed by atoms with van der Waals surface area (Å²) in [5.41, 5.74) is 1.48. The van der Waals surface area contributed by atoms with Gasteiger partial charge in [0.1, 0.15) is 0 Å². The third kappa shape index (κ3) is 6.62. The summed E-state index contributed by atoms with van der Waals surface area (Å²) in [6.07, 6.45) is 4.39. The lowest BCUT2D eigenvalue weighted by atomic mass is 9.95. The van der Waals surface area contributed by atoms with E-state index < -0.39 is 0 Å². The maximum atomic E-state index is 7.21. The van der Waals surface area contributed by atoms with E-state index in [-0.39, 0.29) is 5.41 Å². The minimum Gasteiger partial charge on any atom is -0.373 e. The molecule has 0 atom stereocenters. The van der Waals surface area contributed by atoms with Crippen LogP contribution < -0.4 is 5.32 Å². The highest BCUT2D eigenvalue weighted by molar-refractivity contribution is 5.68. The molecule has 0 rings (SSSR count). The molecule has 0 unspecified atom stereocenters. The normalized spacial score (nSPS) is 12.7. The van der Waals surface area contributed by atoms with Crippen molar-refractivity contribution in [2.75, 3.05) is 26.7 Å². The summed E-state index contributed by atoms with van der Waals surface area (Å²) >= 11 is 0. The lowest BCUT2D eigenvalue weighted by molar-refractivity contribution is 0.230. The Morgan fingerprint density at radius 1 is 1.38 bits per heavy atom. The first kappa shape index (κ1) is 15.2. The standard InChI is InChI=1S/C13H27N3/c1-6-9-16(11-13(2,3)4)12(7-8-14)10-15-5/h7-8,14-15H,6,9-11H2,1-5H3/b12-7+,14-8?. The van der Waals surface area contributed by atoms with Gasteiger partial charge in [-0.05, 0) is 25.0 Å². The summed E-state index contributed by atoms with van der Waals surface area (Å²) in [6.45, 7) is 11.8. The van der Waals surface area contributed by atoms with Gasteiger partial charge in [0, 0.05) is 31.5 Å². The van der Waals surface area contributed by atoms with E-state index in [1.54, 1.807) is 0 Å². The first-order valence-corrected chi connectivity index (χ1v) is 6.03. The van der Waals surface area contributed by atoms with Crippen molar-refractivity contribution in [2.45, 2.75) is 34.1 Å². The van der Waals surface area contributed by atoms with E-state index in [9.17, 15) is 0 Å². The Hall–Kier alpha value is -0.830. The van der Waals surface area contributed by atoms with Gasteiger partial charge in [-0.2, -0.15) is 0 Å². The van der Waals surface area contributed by atoms with Crippen molar-refractivity contribution in [1.29, 1.82) is 5.41 Å². The van der Waals surface area contributed by atoms with Gasteiger partial charge in [-0.3, -0.25) is 0 Å². The van der Waals surface area contributed by atoms with Crippen LogP contribution in [0.25, 0.3) is 0 Å². The molecule has 3 heteroatoms. The Morgan fingerprint density at radius 3 is 2.38 bits per heavy atom. The predicted octanol–water partition coefficient (Wildman–Crippen LogP) is 2.50. The van der Waals surface area contributed by atoms with E-state index in [4.69, 9.17) is 5.41 Å². The van der Waals surface area contributed by atoms with Crippen LogP contribution in [-0.2, 0) is 0 Å². The Labute approximate surface area is 100 Å². The molecular weight excluding hydrogens is 198 g/mol. The number of nitrogens with zero attached hydrogens (tertiary/aromatic N) is 1.